The second kappa shape index (κ2) is 4.94. The molecule has 0 fully saturated rings. The SMILES string of the molecule is CC(C)(C)OC(CC(=O)O)C[N+](C)(C)C. The fraction of sp³-hybridized carbons (Fsp3) is 0.909. The summed E-state index contributed by atoms with van der Waals surface area (Å²) in [5.74, 6) is -0.808. The second-order valence-electron chi connectivity index (χ2n) is 5.92. The summed E-state index contributed by atoms with van der Waals surface area (Å²) in [6, 6.07) is 0. The quantitative estimate of drug-likeness (QED) is 0.709. The van der Waals surface area contributed by atoms with E-state index in [2.05, 4.69) is 0 Å². The first-order valence-corrected chi connectivity index (χ1v) is 5.20. The standard InChI is InChI=1S/C11H23NO3/c1-11(2,3)15-9(7-10(13)14)8-12(4,5)6/h9H,7-8H2,1-6H3/p+1. The summed E-state index contributed by atoms with van der Waals surface area (Å²) in [5.41, 5.74) is -0.296. The van der Waals surface area contributed by atoms with E-state index in [4.69, 9.17) is 9.84 Å². The van der Waals surface area contributed by atoms with Crippen LogP contribution in [0.1, 0.15) is 27.2 Å². The Hall–Kier alpha value is -0.610. The van der Waals surface area contributed by atoms with Crippen molar-refractivity contribution in [3.63, 3.8) is 0 Å². The minimum atomic E-state index is -0.808. The van der Waals surface area contributed by atoms with Crippen molar-refractivity contribution in [3.8, 4) is 0 Å². The van der Waals surface area contributed by atoms with Gasteiger partial charge < -0.3 is 14.3 Å². The highest BCUT2D eigenvalue weighted by Crippen LogP contribution is 2.15. The van der Waals surface area contributed by atoms with E-state index in [1.807, 2.05) is 41.9 Å². The van der Waals surface area contributed by atoms with E-state index in [9.17, 15) is 4.79 Å². The molecule has 0 aliphatic carbocycles. The number of hydrogen-bond donors (Lipinski definition) is 1. The smallest absolute Gasteiger partial charge is 0.306 e. The minimum Gasteiger partial charge on any atom is -0.481 e. The first kappa shape index (κ1) is 14.4. The van der Waals surface area contributed by atoms with Gasteiger partial charge in [-0.3, -0.25) is 4.79 Å². The average Bonchev–Trinajstić information content (AvgIpc) is 1.73. The maximum atomic E-state index is 10.7. The van der Waals surface area contributed by atoms with Crippen LogP contribution in [0.4, 0.5) is 0 Å². The molecule has 0 saturated carbocycles. The average molecular weight is 218 g/mol. The molecule has 0 heterocycles. The number of carbonyl (C=O) groups is 1. The van der Waals surface area contributed by atoms with Gasteiger partial charge in [-0.1, -0.05) is 0 Å². The van der Waals surface area contributed by atoms with E-state index >= 15 is 0 Å². The lowest BCUT2D eigenvalue weighted by Gasteiger charge is -2.32. The van der Waals surface area contributed by atoms with Crippen molar-refractivity contribution in [1.29, 1.82) is 0 Å². The molecular weight excluding hydrogens is 194 g/mol. The maximum Gasteiger partial charge on any atom is 0.306 e. The van der Waals surface area contributed by atoms with Gasteiger partial charge in [0.05, 0.1) is 33.2 Å². The van der Waals surface area contributed by atoms with Crippen LogP contribution in [-0.2, 0) is 9.53 Å². The molecule has 4 nitrogen and oxygen atoms in total. The molecule has 0 aromatic rings. The van der Waals surface area contributed by atoms with Crippen molar-refractivity contribution >= 4 is 5.97 Å². The van der Waals surface area contributed by atoms with Gasteiger partial charge in [0.1, 0.15) is 12.6 Å². The van der Waals surface area contributed by atoms with E-state index < -0.39 is 5.97 Å². The first-order chi connectivity index (χ1) is 6.49. The Bertz CT molecular complexity index is 197. The Morgan fingerprint density at radius 1 is 1.33 bits per heavy atom. The van der Waals surface area contributed by atoms with Gasteiger partial charge in [-0.2, -0.15) is 0 Å². The number of rotatable bonds is 5. The number of aliphatic carboxylic acids is 1. The van der Waals surface area contributed by atoms with Gasteiger partial charge in [-0.25, -0.2) is 0 Å². The molecule has 0 radical (unpaired) electrons. The molecule has 0 aromatic carbocycles. The van der Waals surface area contributed by atoms with Crippen LogP contribution in [0.3, 0.4) is 0 Å². The summed E-state index contributed by atoms with van der Waals surface area (Å²) < 4.78 is 6.43. The van der Waals surface area contributed by atoms with Crippen molar-refractivity contribution in [2.24, 2.45) is 0 Å². The fourth-order valence-corrected chi connectivity index (χ4v) is 1.45. The molecule has 90 valence electrons. The molecule has 0 aliphatic rings. The number of carboxylic acids is 1. The molecule has 1 atom stereocenters. The lowest BCUT2D eigenvalue weighted by atomic mass is 10.1. The van der Waals surface area contributed by atoms with Gasteiger partial charge in [0.15, 0.2) is 0 Å². The number of ether oxygens (including phenoxy) is 1. The summed E-state index contributed by atoms with van der Waals surface area (Å²) in [6.07, 6.45) is -0.172. The molecule has 0 spiro atoms. The third kappa shape index (κ3) is 9.69. The van der Waals surface area contributed by atoms with Crippen LogP contribution in [0.2, 0.25) is 0 Å². The molecule has 0 aromatic heterocycles. The highest BCUT2D eigenvalue weighted by Gasteiger charge is 2.26. The van der Waals surface area contributed by atoms with Gasteiger partial charge in [-0.15, -0.1) is 0 Å². The van der Waals surface area contributed by atoms with Crippen LogP contribution in [0, 0.1) is 0 Å². The van der Waals surface area contributed by atoms with E-state index in [0.29, 0.717) is 11.0 Å². The molecular formula is C11H24NO3+. The highest BCUT2D eigenvalue weighted by molar-refractivity contribution is 5.67. The molecule has 15 heavy (non-hydrogen) atoms. The van der Waals surface area contributed by atoms with Crippen molar-refractivity contribution < 1.29 is 19.1 Å². The summed E-state index contributed by atoms with van der Waals surface area (Å²) >= 11 is 0. The molecule has 4 heteroatoms. The van der Waals surface area contributed by atoms with Crippen molar-refractivity contribution in [2.75, 3.05) is 27.7 Å². The highest BCUT2D eigenvalue weighted by atomic mass is 16.5. The van der Waals surface area contributed by atoms with Crippen LogP contribution >= 0.6 is 0 Å². The molecule has 1 unspecified atom stereocenters. The number of quaternary nitrogens is 1. The number of likely N-dealkylation sites (N-methyl/N-ethyl adjacent to an activating group) is 1. The van der Waals surface area contributed by atoms with Crippen LogP contribution in [0.5, 0.6) is 0 Å². The Balaban J connectivity index is 4.39. The summed E-state index contributed by atoms with van der Waals surface area (Å²) in [6.45, 7) is 6.52. The van der Waals surface area contributed by atoms with Gasteiger partial charge in [0.25, 0.3) is 0 Å². The monoisotopic (exact) mass is 218 g/mol. The van der Waals surface area contributed by atoms with Crippen molar-refractivity contribution in [2.45, 2.75) is 38.9 Å². The topological polar surface area (TPSA) is 46.5 Å². The van der Waals surface area contributed by atoms with Gasteiger partial charge in [0, 0.05) is 0 Å². The summed E-state index contributed by atoms with van der Waals surface area (Å²) in [4.78, 5) is 10.7. The van der Waals surface area contributed by atoms with Crippen molar-refractivity contribution in [3.05, 3.63) is 0 Å². The minimum absolute atomic E-state index is 0.0623. The zero-order chi connectivity index (χ0) is 12.3. The first-order valence-electron chi connectivity index (χ1n) is 5.20. The van der Waals surface area contributed by atoms with Gasteiger partial charge in [0.2, 0.25) is 0 Å². The van der Waals surface area contributed by atoms with E-state index in [-0.39, 0.29) is 18.1 Å². The lowest BCUT2D eigenvalue weighted by molar-refractivity contribution is -0.873. The summed E-state index contributed by atoms with van der Waals surface area (Å²) in [5, 5.41) is 8.79. The van der Waals surface area contributed by atoms with Crippen LogP contribution in [0.15, 0.2) is 0 Å². The second-order valence-corrected chi connectivity index (χ2v) is 5.92. The van der Waals surface area contributed by atoms with E-state index in [1.165, 1.54) is 0 Å². The predicted molar refractivity (Wildman–Crippen MR) is 59.8 cm³/mol. The zero-order valence-electron chi connectivity index (χ0n) is 10.7. The largest absolute Gasteiger partial charge is 0.481 e. The Morgan fingerprint density at radius 3 is 2.07 bits per heavy atom. The molecule has 1 N–H and O–H groups in total. The Morgan fingerprint density at radius 2 is 1.80 bits per heavy atom. The Kier molecular flexibility index (Phi) is 4.74. The third-order valence-corrected chi connectivity index (χ3v) is 1.67. The predicted octanol–water partition coefficient (Wildman–Crippen LogP) is 1.35. The van der Waals surface area contributed by atoms with Crippen LogP contribution in [0.25, 0.3) is 0 Å². The molecule has 0 rings (SSSR count). The molecule has 0 aliphatic heterocycles. The summed E-state index contributed by atoms with van der Waals surface area (Å²) in [7, 11) is 6.09. The number of nitrogens with zero attached hydrogens (tertiary/aromatic N) is 1. The van der Waals surface area contributed by atoms with Gasteiger partial charge in [-0.05, 0) is 20.8 Å². The number of carboxylic acid groups (broad SMARTS) is 1. The van der Waals surface area contributed by atoms with E-state index in [1.54, 1.807) is 0 Å². The zero-order valence-corrected chi connectivity index (χ0v) is 10.7. The Labute approximate surface area is 92.4 Å². The number of hydrogen-bond acceptors (Lipinski definition) is 2. The molecule has 0 saturated heterocycles. The fourth-order valence-electron chi connectivity index (χ4n) is 1.45. The normalized spacial score (nSPS) is 15.1. The third-order valence-electron chi connectivity index (χ3n) is 1.67. The molecule has 0 amide bonds. The van der Waals surface area contributed by atoms with Crippen molar-refractivity contribution in [1.82, 2.24) is 0 Å². The maximum absolute atomic E-state index is 10.7. The van der Waals surface area contributed by atoms with Gasteiger partial charge >= 0.3 is 5.97 Å². The van der Waals surface area contributed by atoms with Crippen LogP contribution < -0.4 is 0 Å². The van der Waals surface area contributed by atoms with Crippen LogP contribution in [-0.4, -0.2) is 55.0 Å². The van der Waals surface area contributed by atoms with E-state index in [0.717, 1.165) is 0 Å². The molecule has 0 bridgehead atoms. The lowest BCUT2D eigenvalue weighted by Crippen LogP contribution is -2.45.